The zero-order valence-corrected chi connectivity index (χ0v) is 56.4. The van der Waals surface area contributed by atoms with Crippen LogP contribution >= 0.6 is 0 Å². The Morgan fingerprint density at radius 1 is 0.484 bits per heavy atom. The van der Waals surface area contributed by atoms with E-state index in [-0.39, 0.29) is 30.2 Å². The van der Waals surface area contributed by atoms with Crippen LogP contribution in [0, 0.1) is 68.6 Å². The highest BCUT2D eigenvalue weighted by atomic mass is 16.5. The van der Waals surface area contributed by atoms with E-state index in [4.69, 9.17) is 52.3 Å². The molecule has 0 spiro atoms. The topological polar surface area (TPSA) is 340 Å². The zero-order valence-electron chi connectivity index (χ0n) is 56.4. The highest BCUT2D eigenvalue weighted by Gasteiger charge is 2.20. The molecule has 1 fully saturated rings. The standard InChI is InChI=1S/C22H21N5O.C18H20N4O.C17H24N4O.C16H18N4O2/c1-14(2)19-12-26-18(9-8-16-4-6-17(11-23)7-5-16)10-20(19)28-21-13-25-15(3)27-22(21)24;1-11(2)15-9-21-14(7-6-13-4-5-13)8-16(15)23-17-10-20-12(3)22-18(17)19;1-6-11(4)14-7-15(13(8-20-14)10(2)3)22-16-9-19-12(5)21-17(16)18;1-10(2)13-8-19-12(5-4-6-21)7-14(13)22-15-9-18-11(3)20-16(15)17/h4-10,12-14H,1-3H3,(H2,24,25,27);8-11,13H,4-5H2,1-3H3,(H2,19,20,22);7-11H,6H2,1-5H3,(H2,18,19,21);7-10,21H,6H2,1-3H3,(H2,17,18,20)/b9-8+;;;. The van der Waals surface area contributed by atoms with Gasteiger partial charge in [0.1, 0.15) is 64.3 Å². The number of ether oxygens (including phenoxy) is 4. The average Bonchev–Trinajstić information content (AvgIpc) is 1.18. The largest absolute Gasteiger partial charge is 0.451 e. The molecule has 1 saturated carbocycles. The minimum absolute atomic E-state index is 0.218. The monoisotopic (exact) mass is 1280 g/mol. The molecule has 9 N–H and O–H groups in total. The Morgan fingerprint density at radius 2 is 0.863 bits per heavy atom. The van der Waals surface area contributed by atoms with E-state index in [1.165, 1.54) is 12.8 Å². The summed E-state index contributed by atoms with van der Waals surface area (Å²) in [5, 5.41) is 17.7. The molecule has 95 heavy (non-hydrogen) atoms. The number of aliphatic hydroxyl groups excluding tert-OH is 1. The maximum atomic E-state index is 8.88. The summed E-state index contributed by atoms with van der Waals surface area (Å²) in [6.07, 6.45) is 20.8. The lowest BCUT2D eigenvalue weighted by molar-refractivity contribution is 0.350. The fourth-order valence-electron chi connectivity index (χ4n) is 8.69. The molecule has 8 aromatic heterocycles. The van der Waals surface area contributed by atoms with Crippen molar-refractivity contribution in [1.82, 2.24) is 59.8 Å². The van der Waals surface area contributed by atoms with Crippen molar-refractivity contribution >= 4 is 35.4 Å². The van der Waals surface area contributed by atoms with Crippen LogP contribution in [-0.2, 0) is 0 Å². The molecule has 1 atom stereocenters. The second kappa shape index (κ2) is 34.0. The summed E-state index contributed by atoms with van der Waals surface area (Å²) in [6.45, 7) is 27.8. The van der Waals surface area contributed by atoms with Gasteiger partial charge in [-0.15, -0.1) is 0 Å². The second-order valence-electron chi connectivity index (χ2n) is 23.6. The predicted molar refractivity (Wildman–Crippen MR) is 371 cm³/mol. The summed E-state index contributed by atoms with van der Waals surface area (Å²) in [4.78, 5) is 50.8. The molecule has 0 radical (unpaired) electrons. The Morgan fingerprint density at radius 3 is 1.23 bits per heavy atom. The molecule has 1 aliphatic carbocycles. The van der Waals surface area contributed by atoms with Crippen LogP contribution in [0.2, 0.25) is 0 Å². The first-order valence-electron chi connectivity index (χ1n) is 31.3. The number of benzene rings is 1. The van der Waals surface area contributed by atoms with Gasteiger partial charge >= 0.3 is 0 Å². The molecule has 22 heteroatoms. The maximum absolute atomic E-state index is 8.88. The number of hydrogen-bond donors (Lipinski definition) is 5. The Kier molecular flexibility index (Phi) is 25.5. The first-order chi connectivity index (χ1) is 45.4. The number of aliphatic hydroxyl groups is 1. The van der Waals surface area contributed by atoms with Gasteiger partial charge in [-0.2, -0.15) is 5.26 Å². The van der Waals surface area contributed by atoms with Gasteiger partial charge in [-0.05, 0) is 112 Å². The van der Waals surface area contributed by atoms with Gasteiger partial charge in [-0.25, -0.2) is 49.8 Å². The van der Waals surface area contributed by atoms with Crippen molar-refractivity contribution in [2.45, 2.75) is 146 Å². The van der Waals surface area contributed by atoms with Gasteiger partial charge in [-0.1, -0.05) is 99.3 Å². The molecule has 0 aliphatic heterocycles. The van der Waals surface area contributed by atoms with Crippen molar-refractivity contribution in [2.24, 2.45) is 5.92 Å². The van der Waals surface area contributed by atoms with Crippen LogP contribution in [0.3, 0.4) is 0 Å². The van der Waals surface area contributed by atoms with Crippen LogP contribution in [0.15, 0.2) is 98.1 Å². The van der Waals surface area contributed by atoms with Crippen LogP contribution in [0.1, 0.15) is 198 Å². The van der Waals surface area contributed by atoms with Crippen molar-refractivity contribution in [1.29, 1.82) is 5.26 Å². The smallest absolute Gasteiger partial charge is 0.187 e. The third kappa shape index (κ3) is 21.2. The maximum Gasteiger partial charge on any atom is 0.187 e. The Bertz CT molecular complexity index is 4310. The predicted octanol–water partition coefficient (Wildman–Crippen LogP) is 14.4. The van der Waals surface area contributed by atoms with E-state index >= 15 is 0 Å². The van der Waals surface area contributed by atoms with E-state index in [0.717, 1.165) is 51.4 Å². The first kappa shape index (κ1) is 71.3. The van der Waals surface area contributed by atoms with Gasteiger partial charge in [0.05, 0.1) is 42.1 Å². The number of aromatic nitrogens is 12. The summed E-state index contributed by atoms with van der Waals surface area (Å²) in [6, 6.07) is 16.9. The Balaban J connectivity index is 0.000000180. The lowest BCUT2D eigenvalue weighted by Gasteiger charge is -2.17. The molecular formula is C73H83N17O5. The lowest BCUT2D eigenvalue weighted by Crippen LogP contribution is -2.03. The third-order valence-corrected chi connectivity index (χ3v) is 14.5. The normalized spacial score (nSPS) is 11.8. The summed E-state index contributed by atoms with van der Waals surface area (Å²) in [7, 11) is 0. The molecule has 1 unspecified atom stereocenters. The van der Waals surface area contributed by atoms with Gasteiger partial charge in [0.15, 0.2) is 46.3 Å². The molecule has 10 rings (SSSR count). The van der Waals surface area contributed by atoms with E-state index in [2.05, 4.69) is 145 Å². The minimum atomic E-state index is -0.220. The summed E-state index contributed by atoms with van der Waals surface area (Å²) in [5.41, 5.74) is 32.2. The van der Waals surface area contributed by atoms with E-state index < -0.39 is 0 Å². The van der Waals surface area contributed by atoms with Crippen molar-refractivity contribution in [3.05, 3.63) is 178 Å². The number of aryl methyl sites for hydroxylation is 4. The van der Waals surface area contributed by atoms with Crippen molar-refractivity contribution < 1.29 is 24.1 Å². The van der Waals surface area contributed by atoms with Crippen molar-refractivity contribution in [3.63, 3.8) is 0 Å². The van der Waals surface area contributed by atoms with Crippen LogP contribution in [0.4, 0.5) is 23.3 Å². The van der Waals surface area contributed by atoms with E-state index in [1.54, 1.807) is 76.9 Å². The third-order valence-electron chi connectivity index (χ3n) is 14.5. The molecule has 0 amide bonds. The second-order valence-corrected chi connectivity index (χ2v) is 23.6. The molecule has 1 aromatic carbocycles. The zero-order chi connectivity index (χ0) is 68.9. The highest BCUT2D eigenvalue weighted by Crippen LogP contribution is 2.38. The molecule has 490 valence electrons. The average molecular weight is 1280 g/mol. The molecule has 1 aliphatic rings. The SMILES string of the molecule is CCC(C)c1cc(Oc2cnc(C)nc2N)c(C(C)C)cn1.Cc1ncc(Oc2cc(/C=C/c3ccc(C#N)cc3)ncc2C(C)C)c(N)n1.Cc1ncc(Oc2cc(C#CC3CC3)ncc2C(C)C)c(N)n1.Cc1ncc(Oc2cc(C#CCO)ncc2C(C)C)c(N)n1. The van der Waals surface area contributed by atoms with Crippen LogP contribution in [-0.4, -0.2) is 71.5 Å². The van der Waals surface area contributed by atoms with Crippen molar-refractivity contribution in [3.8, 4) is 75.7 Å². The number of pyridine rings is 4. The fourth-order valence-corrected chi connectivity index (χ4v) is 8.69. The van der Waals surface area contributed by atoms with Crippen LogP contribution < -0.4 is 41.9 Å². The number of anilines is 4. The van der Waals surface area contributed by atoms with Gasteiger partial charge in [0.2, 0.25) is 0 Å². The van der Waals surface area contributed by atoms with E-state index in [0.29, 0.717) is 116 Å². The lowest BCUT2D eigenvalue weighted by atomic mass is 10.00. The molecule has 0 saturated heterocycles. The minimum Gasteiger partial charge on any atom is -0.451 e. The number of rotatable bonds is 16. The summed E-state index contributed by atoms with van der Waals surface area (Å²) in [5.74, 6) is 21.8. The number of nitrogens with zero attached hydrogens (tertiary/aromatic N) is 13. The van der Waals surface area contributed by atoms with Gasteiger partial charge in [-0.3, -0.25) is 9.97 Å². The number of nitrogens with two attached hydrogens (primary N) is 4. The highest BCUT2D eigenvalue weighted by molar-refractivity contribution is 5.69. The van der Waals surface area contributed by atoms with Crippen LogP contribution in [0.5, 0.6) is 46.0 Å². The summed E-state index contributed by atoms with van der Waals surface area (Å²) < 4.78 is 23.8. The molecule has 9 aromatic rings. The van der Waals surface area contributed by atoms with Crippen molar-refractivity contribution in [2.75, 3.05) is 29.5 Å². The van der Waals surface area contributed by atoms with E-state index in [9.17, 15) is 0 Å². The number of nitrogen functional groups attached to an aromatic ring is 4. The Hall–Kier alpha value is -11.2. The molecule has 22 nitrogen and oxygen atoms in total. The van der Waals surface area contributed by atoms with Gasteiger partial charge in [0.25, 0.3) is 0 Å². The number of hydrogen-bond acceptors (Lipinski definition) is 22. The van der Waals surface area contributed by atoms with E-state index in [1.807, 2.05) is 74.9 Å². The Labute approximate surface area is 556 Å². The molecule has 8 heterocycles. The van der Waals surface area contributed by atoms with Gasteiger partial charge in [0, 0.05) is 82.9 Å². The summed E-state index contributed by atoms with van der Waals surface area (Å²) >= 11 is 0. The first-order valence-corrected chi connectivity index (χ1v) is 31.3. The van der Waals surface area contributed by atoms with Crippen LogP contribution in [0.25, 0.3) is 12.2 Å². The molecular weight excluding hydrogens is 1190 g/mol. The quantitative estimate of drug-likeness (QED) is 0.0561. The molecule has 0 bridgehead atoms. The number of nitriles is 1. The van der Waals surface area contributed by atoms with Gasteiger partial charge < -0.3 is 47.0 Å². The fraction of sp³-hybridized carbons (Fsp3) is 0.329.